The van der Waals surface area contributed by atoms with Gasteiger partial charge < -0.3 is 15.0 Å². The van der Waals surface area contributed by atoms with Gasteiger partial charge in [0.15, 0.2) is 15.5 Å². The lowest BCUT2D eigenvalue weighted by Gasteiger charge is -2.35. The van der Waals surface area contributed by atoms with Gasteiger partial charge in [-0.3, -0.25) is 4.79 Å². The van der Waals surface area contributed by atoms with Crippen molar-refractivity contribution < 1.29 is 30.8 Å². The van der Waals surface area contributed by atoms with Crippen LogP contribution in [-0.2, 0) is 24.7 Å². The zero-order chi connectivity index (χ0) is 28.3. The molecule has 0 aliphatic carbocycles. The van der Waals surface area contributed by atoms with Crippen LogP contribution >= 0.6 is 0 Å². The summed E-state index contributed by atoms with van der Waals surface area (Å²) in [6.45, 7) is 1.15. The Morgan fingerprint density at radius 1 is 1.13 bits per heavy atom. The molecule has 1 aliphatic rings. The first-order chi connectivity index (χ1) is 17.7. The maximum absolute atomic E-state index is 15.5. The van der Waals surface area contributed by atoms with Crippen molar-refractivity contribution >= 4 is 31.5 Å². The Bertz CT molecular complexity index is 1420. The van der Waals surface area contributed by atoms with Gasteiger partial charge in [-0.05, 0) is 42.8 Å². The molecule has 1 heterocycles. The smallest absolute Gasteiger partial charge is 0.258 e. The molecule has 1 fully saturated rings. The molecule has 3 rings (SSSR count). The van der Waals surface area contributed by atoms with E-state index in [-0.39, 0.29) is 30.8 Å². The number of hydrogen-bond acceptors (Lipinski definition) is 7. The summed E-state index contributed by atoms with van der Waals surface area (Å²) in [5.74, 6) is -0.319. The third kappa shape index (κ3) is 6.91. The number of methoxy groups -OCH3 is 1. The third-order valence-electron chi connectivity index (χ3n) is 6.37. The topological polar surface area (TPSA) is 113 Å². The summed E-state index contributed by atoms with van der Waals surface area (Å²) in [5.41, 5.74) is -0.335. The van der Waals surface area contributed by atoms with Crippen LogP contribution < -0.4 is 15.0 Å². The molecule has 1 saturated heterocycles. The molecule has 0 radical (unpaired) electrons. The van der Waals surface area contributed by atoms with Crippen molar-refractivity contribution in [2.75, 3.05) is 45.5 Å². The zero-order valence-electron chi connectivity index (χ0n) is 22.1. The van der Waals surface area contributed by atoms with Gasteiger partial charge in [-0.15, -0.1) is 0 Å². The van der Waals surface area contributed by atoms with Gasteiger partial charge >= 0.3 is 0 Å². The van der Waals surface area contributed by atoms with Crippen LogP contribution in [0.15, 0.2) is 58.8 Å². The molecule has 9 nitrogen and oxygen atoms in total. The number of sulfone groups is 1. The molecule has 2 aromatic rings. The van der Waals surface area contributed by atoms with Crippen LogP contribution in [0.4, 0.5) is 10.1 Å². The van der Waals surface area contributed by atoms with Gasteiger partial charge in [0.05, 0.1) is 12.0 Å². The van der Waals surface area contributed by atoms with Crippen LogP contribution in [0.3, 0.4) is 0 Å². The fourth-order valence-corrected chi connectivity index (χ4v) is 6.29. The molecule has 1 N–H and O–H groups in total. The standard InChI is InChI=1S/C26H34FN3O6S2/c1-19(11-16-37(5,32)33)28-25(31)26(27)12-14-30(15-13-26)38(34,35)24-10-9-21(29(2)3)18-23(24)20-7-6-8-22(17-20)36-4/h6-11,16-19H,12-15H2,1-5H3,(H,28,31)/b16-11-/t19-/m0/s1. The van der Waals surface area contributed by atoms with Gasteiger partial charge in [-0.2, -0.15) is 4.31 Å². The van der Waals surface area contributed by atoms with Gasteiger partial charge in [-0.1, -0.05) is 18.2 Å². The highest BCUT2D eigenvalue weighted by Gasteiger charge is 2.45. The summed E-state index contributed by atoms with van der Waals surface area (Å²) in [7, 11) is -2.18. The highest BCUT2D eigenvalue weighted by atomic mass is 32.2. The number of carbonyl (C=O) groups is 1. The lowest BCUT2D eigenvalue weighted by Crippen LogP contribution is -2.53. The SMILES string of the molecule is COc1cccc(-c2cc(N(C)C)ccc2S(=O)(=O)N2CCC(F)(C(=O)N[C@@H](C)/C=C\S(C)(=O)=O)CC2)c1. The van der Waals surface area contributed by atoms with Crippen molar-refractivity contribution in [2.24, 2.45) is 0 Å². The van der Waals surface area contributed by atoms with Crippen LogP contribution in [-0.4, -0.2) is 79.3 Å². The van der Waals surface area contributed by atoms with E-state index in [0.717, 1.165) is 17.4 Å². The van der Waals surface area contributed by atoms with Crippen molar-refractivity contribution in [1.82, 2.24) is 9.62 Å². The molecule has 1 aliphatic heterocycles. The van der Waals surface area contributed by atoms with E-state index < -0.39 is 37.5 Å². The lowest BCUT2D eigenvalue weighted by molar-refractivity contribution is -0.135. The second kappa shape index (κ2) is 11.4. The summed E-state index contributed by atoms with van der Waals surface area (Å²) in [5, 5.41) is 3.40. The second-order valence-corrected chi connectivity index (χ2v) is 13.4. The summed E-state index contributed by atoms with van der Waals surface area (Å²) in [6, 6.07) is 11.4. The maximum atomic E-state index is 15.5. The number of benzene rings is 2. The van der Waals surface area contributed by atoms with E-state index in [0.29, 0.717) is 16.9 Å². The predicted octanol–water partition coefficient (Wildman–Crippen LogP) is 2.98. The van der Waals surface area contributed by atoms with E-state index >= 15 is 4.39 Å². The number of ether oxygens (including phenoxy) is 1. The van der Waals surface area contributed by atoms with Crippen molar-refractivity contribution in [1.29, 1.82) is 0 Å². The predicted molar refractivity (Wildman–Crippen MR) is 146 cm³/mol. The number of amides is 1. The number of piperidine rings is 1. The monoisotopic (exact) mass is 567 g/mol. The Hall–Kier alpha value is -2.96. The molecule has 38 heavy (non-hydrogen) atoms. The number of halogens is 1. The Morgan fingerprint density at radius 2 is 1.79 bits per heavy atom. The molecule has 2 aromatic carbocycles. The van der Waals surface area contributed by atoms with Crippen LogP contribution in [0.5, 0.6) is 5.75 Å². The molecular weight excluding hydrogens is 533 g/mol. The molecule has 1 atom stereocenters. The van der Waals surface area contributed by atoms with E-state index in [1.165, 1.54) is 24.4 Å². The van der Waals surface area contributed by atoms with Crippen molar-refractivity contribution in [3.8, 4) is 16.9 Å². The number of nitrogens with one attached hydrogen (secondary N) is 1. The number of nitrogens with zero attached hydrogens (tertiary/aromatic N) is 2. The van der Waals surface area contributed by atoms with Gasteiger partial charge in [0.2, 0.25) is 10.0 Å². The fourth-order valence-electron chi connectivity index (χ4n) is 4.13. The van der Waals surface area contributed by atoms with E-state index in [1.807, 2.05) is 19.0 Å². The number of alkyl halides is 1. The minimum atomic E-state index is -4.03. The molecular formula is C26H34FN3O6S2. The van der Waals surface area contributed by atoms with Gasteiger partial charge in [-0.25, -0.2) is 21.2 Å². The normalized spacial score (nSPS) is 17.2. The van der Waals surface area contributed by atoms with Gasteiger partial charge in [0, 0.05) is 69.0 Å². The molecule has 0 aromatic heterocycles. The number of sulfonamides is 1. The molecule has 208 valence electrons. The number of rotatable bonds is 9. The van der Waals surface area contributed by atoms with Gasteiger partial charge in [0.1, 0.15) is 5.75 Å². The molecule has 1 amide bonds. The van der Waals surface area contributed by atoms with Crippen molar-refractivity contribution in [2.45, 2.75) is 36.4 Å². The molecule has 12 heteroatoms. The summed E-state index contributed by atoms with van der Waals surface area (Å²) < 4.78 is 72.1. The fraction of sp³-hybridized carbons (Fsp3) is 0.423. The first-order valence-corrected chi connectivity index (χ1v) is 15.4. The average molecular weight is 568 g/mol. The summed E-state index contributed by atoms with van der Waals surface area (Å²) >= 11 is 0. The summed E-state index contributed by atoms with van der Waals surface area (Å²) in [6.07, 6.45) is 1.61. The minimum Gasteiger partial charge on any atom is -0.497 e. The first-order valence-electron chi connectivity index (χ1n) is 12.0. The number of carbonyl (C=O) groups excluding carboxylic acids is 1. The minimum absolute atomic E-state index is 0.0756. The Morgan fingerprint density at radius 3 is 2.37 bits per heavy atom. The van der Waals surface area contributed by atoms with E-state index in [1.54, 1.807) is 42.5 Å². The molecule has 0 spiro atoms. The van der Waals surface area contributed by atoms with E-state index in [2.05, 4.69) is 5.32 Å². The highest BCUT2D eigenvalue weighted by molar-refractivity contribution is 7.93. The maximum Gasteiger partial charge on any atom is 0.258 e. The first kappa shape index (κ1) is 29.6. The van der Waals surface area contributed by atoms with Crippen LogP contribution in [0.1, 0.15) is 19.8 Å². The number of hydrogen-bond donors (Lipinski definition) is 1. The van der Waals surface area contributed by atoms with Crippen LogP contribution in [0.25, 0.3) is 11.1 Å². The van der Waals surface area contributed by atoms with Gasteiger partial charge in [0.25, 0.3) is 5.91 Å². The highest BCUT2D eigenvalue weighted by Crippen LogP contribution is 2.36. The second-order valence-electron chi connectivity index (χ2n) is 9.60. The molecule has 0 unspecified atom stereocenters. The Labute approximate surface area is 224 Å². The zero-order valence-corrected chi connectivity index (χ0v) is 23.8. The Balaban J connectivity index is 1.85. The Kier molecular flexibility index (Phi) is 8.89. The lowest BCUT2D eigenvalue weighted by atomic mass is 9.93. The van der Waals surface area contributed by atoms with Crippen LogP contribution in [0, 0.1) is 0 Å². The van der Waals surface area contributed by atoms with E-state index in [9.17, 15) is 21.6 Å². The van der Waals surface area contributed by atoms with Crippen LogP contribution in [0.2, 0.25) is 0 Å². The quantitative estimate of drug-likeness (QED) is 0.496. The largest absolute Gasteiger partial charge is 0.497 e. The molecule has 0 saturated carbocycles. The average Bonchev–Trinajstić information content (AvgIpc) is 2.87. The summed E-state index contributed by atoms with van der Waals surface area (Å²) in [4.78, 5) is 14.6. The molecule has 0 bridgehead atoms. The van der Waals surface area contributed by atoms with E-state index in [4.69, 9.17) is 4.74 Å². The van der Waals surface area contributed by atoms with Crippen molar-refractivity contribution in [3.05, 3.63) is 53.9 Å². The third-order valence-corrected chi connectivity index (χ3v) is 8.98. The van der Waals surface area contributed by atoms with Crippen molar-refractivity contribution in [3.63, 3.8) is 0 Å². The number of anilines is 1.